The molecule has 16 heavy (non-hydrogen) atoms. The third-order valence-electron chi connectivity index (χ3n) is 1.40. The third-order valence-corrected chi connectivity index (χ3v) is 1.71. The van der Waals surface area contributed by atoms with Gasteiger partial charge in [-0.05, 0) is 18.2 Å². The molecular formula is C10H12ClFN2O2. The Balaban J connectivity index is 0.00000106. The van der Waals surface area contributed by atoms with Crippen molar-refractivity contribution in [2.45, 2.75) is 13.8 Å². The molecular weight excluding hydrogens is 235 g/mol. The number of nitrogens with one attached hydrogen (secondary N) is 1. The van der Waals surface area contributed by atoms with Crippen LogP contribution in [0.5, 0.6) is 0 Å². The van der Waals surface area contributed by atoms with E-state index in [9.17, 15) is 14.0 Å². The monoisotopic (exact) mass is 246 g/mol. The van der Waals surface area contributed by atoms with Crippen molar-refractivity contribution in [2.24, 2.45) is 5.73 Å². The van der Waals surface area contributed by atoms with Crippen LogP contribution in [-0.2, 0) is 9.59 Å². The lowest BCUT2D eigenvalue weighted by Crippen LogP contribution is -2.29. The first-order chi connectivity index (χ1) is 7.50. The summed E-state index contributed by atoms with van der Waals surface area (Å²) < 4.78 is 12.8. The smallest absolute Gasteiger partial charge is 0.313 e. The Kier molecular flexibility index (Phi) is 6.10. The molecule has 88 valence electrons. The Morgan fingerprint density at radius 1 is 1.38 bits per heavy atom. The molecule has 0 aliphatic carbocycles. The first kappa shape index (κ1) is 14.4. The van der Waals surface area contributed by atoms with E-state index in [0.717, 1.165) is 6.07 Å². The number of benzene rings is 1. The number of hydrogen-bond acceptors (Lipinski definition) is 2. The van der Waals surface area contributed by atoms with Gasteiger partial charge in [-0.3, -0.25) is 9.59 Å². The SMILES string of the molecule is CC.NC(=O)C(=O)Nc1ccc(Cl)c(F)c1. The van der Waals surface area contributed by atoms with Crippen molar-refractivity contribution >= 4 is 29.1 Å². The molecule has 0 spiro atoms. The molecule has 4 nitrogen and oxygen atoms in total. The van der Waals surface area contributed by atoms with Crippen LogP contribution in [0.25, 0.3) is 0 Å². The van der Waals surface area contributed by atoms with Crippen LogP contribution in [0.1, 0.15) is 13.8 Å². The summed E-state index contributed by atoms with van der Waals surface area (Å²) in [6.45, 7) is 4.00. The quantitative estimate of drug-likeness (QED) is 0.743. The van der Waals surface area contributed by atoms with E-state index in [1.807, 2.05) is 13.8 Å². The fourth-order valence-electron chi connectivity index (χ4n) is 0.767. The van der Waals surface area contributed by atoms with Gasteiger partial charge in [-0.25, -0.2) is 4.39 Å². The molecule has 0 bridgehead atoms. The zero-order valence-corrected chi connectivity index (χ0v) is 9.64. The molecule has 0 saturated carbocycles. The zero-order valence-electron chi connectivity index (χ0n) is 8.88. The third kappa shape index (κ3) is 4.27. The molecule has 2 amide bonds. The van der Waals surface area contributed by atoms with Crippen molar-refractivity contribution in [2.75, 3.05) is 5.32 Å². The van der Waals surface area contributed by atoms with Crippen LogP contribution < -0.4 is 11.1 Å². The Morgan fingerprint density at radius 3 is 2.38 bits per heavy atom. The van der Waals surface area contributed by atoms with Crippen LogP contribution in [0.2, 0.25) is 5.02 Å². The summed E-state index contributed by atoms with van der Waals surface area (Å²) in [5.41, 5.74) is 4.80. The lowest BCUT2D eigenvalue weighted by atomic mass is 10.3. The highest BCUT2D eigenvalue weighted by molar-refractivity contribution is 6.39. The maximum absolute atomic E-state index is 12.8. The van der Waals surface area contributed by atoms with Gasteiger partial charge < -0.3 is 11.1 Å². The number of anilines is 1. The highest BCUT2D eigenvalue weighted by Gasteiger charge is 2.09. The molecule has 0 atom stereocenters. The number of amides is 2. The molecule has 0 fully saturated rings. The number of carbonyl (C=O) groups is 2. The second-order valence-electron chi connectivity index (χ2n) is 2.45. The summed E-state index contributed by atoms with van der Waals surface area (Å²) in [5.74, 6) is -2.83. The second kappa shape index (κ2) is 6.79. The fourth-order valence-corrected chi connectivity index (χ4v) is 0.884. The Hall–Kier alpha value is -1.62. The standard InChI is InChI=1S/C8H6ClFN2O2.C2H6/c9-5-2-1-4(3-6(5)10)12-8(14)7(11)13;1-2/h1-3H,(H2,11,13)(H,12,14);1-2H3. The van der Waals surface area contributed by atoms with Crippen molar-refractivity contribution in [3.63, 3.8) is 0 Å². The average Bonchev–Trinajstić information content (AvgIpc) is 2.26. The molecule has 0 heterocycles. The highest BCUT2D eigenvalue weighted by atomic mass is 35.5. The van der Waals surface area contributed by atoms with Gasteiger partial charge >= 0.3 is 11.8 Å². The molecule has 1 aromatic carbocycles. The molecule has 1 rings (SSSR count). The number of primary amides is 1. The van der Waals surface area contributed by atoms with E-state index >= 15 is 0 Å². The molecule has 0 unspecified atom stereocenters. The summed E-state index contributed by atoms with van der Waals surface area (Å²) in [4.78, 5) is 21.1. The molecule has 1 aromatic rings. The lowest BCUT2D eigenvalue weighted by molar-refractivity contribution is -0.134. The van der Waals surface area contributed by atoms with Gasteiger partial charge in [0.05, 0.1) is 5.02 Å². The van der Waals surface area contributed by atoms with Gasteiger partial charge in [0.15, 0.2) is 0 Å². The maximum atomic E-state index is 12.8. The van der Waals surface area contributed by atoms with E-state index in [4.69, 9.17) is 11.6 Å². The topological polar surface area (TPSA) is 72.2 Å². The van der Waals surface area contributed by atoms with Gasteiger partial charge in [0.2, 0.25) is 0 Å². The van der Waals surface area contributed by atoms with E-state index in [1.165, 1.54) is 12.1 Å². The van der Waals surface area contributed by atoms with E-state index in [0.29, 0.717) is 0 Å². The zero-order chi connectivity index (χ0) is 12.7. The Morgan fingerprint density at radius 2 is 1.94 bits per heavy atom. The van der Waals surface area contributed by atoms with Crippen LogP contribution in [0.15, 0.2) is 18.2 Å². The average molecular weight is 247 g/mol. The summed E-state index contributed by atoms with van der Waals surface area (Å²) in [7, 11) is 0. The molecule has 0 aromatic heterocycles. The molecule has 0 aliphatic heterocycles. The van der Waals surface area contributed by atoms with Gasteiger partial charge in [0.1, 0.15) is 5.82 Å². The molecule has 0 saturated heterocycles. The highest BCUT2D eigenvalue weighted by Crippen LogP contribution is 2.18. The second-order valence-corrected chi connectivity index (χ2v) is 2.85. The Bertz CT molecular complexity index is 396. The Labute approximate surface area is 97.6 Å². The van der Waals surface area contributed by atoms with Gasteiger partial charge in [-0.2, -0.15) is 0 Å². The van der Waals surface area contributed by atoms with E-state index in [1.54, 1.807) is 0 Å². The van der Waals surface area contributed by atoms with E-state index in [2.05, 4.69) is 11.1 Å². The first-order valence-corrected chi connectivity index (χ1v) is 4.94. The van der Waals surface area contributed by atoms with Crippen molar-refractivity contribution in [1.82, 2.24) is 0 Å². The number of carbonyl (C=O) groups excluding carboxylic acids is 2. The van der Waals surface area contributed by atoms with Crippen molar-refractivity contribution in [3.05, 3.63) is 29.0 Å². The van der Waals surface area contributed by atoms with Gasteiger partial charge in [-0.15, -0.1) is 0 Å². The van der Waals surface area contributed by atoms with Crippen molar-refractivity contribution in [3.8, 4) is 0 Å². The minimum absolute atomic E-state index is 0.0675. The van der Waals surface area contributed by atoms with Crippen LogP contribution in [0, 0.1) is 5.82 Å². The summed E-state index contributed by atoms with van der Waals surface area (Å²) in [6.07, 6.45) is 0. The first-order valence-electron chi connectivity index (χ1n) is 4.56. The summed E-state index contributed by atoms with van der Waals surface area (Å²) >= 11 is 5.40. The van der Waals surface area contributed by atoms with Gasteiger partial charge in [0, 0.05) is 5.69 Å². The molecule has 3 N–H and O–H groups in total. The van der Waals surface area contributed by atoms with Crippen LogP contribution in [0.3, 0.4) is 0 Å². The molecule has 6 heteroatoms. The number of halogens is 2. The lowest BCUT2D eigenvalue weighted by Gasteiger charge is -2.02. The number of rotatable bonds is 1. The van der Waals surface area contributed by atoms with Crippen LogP contribution in [-0.4, -0.2) is 11.8 Å². The van der Waals surface area contributed by atoms with E-state index < -0.39 is 17.6 Å². The number of hydrogen-bond donors (Lipinski definition) is 2. The maximum Gasteiger partial charge on any atom is 0.313 e. The predicted octanol–water partition coefficient (Wildman–Crippen LogP) is 1.93. The van der Waals surface area contributed by atoms with Gasteiger partial charge in [0.25, 0.3) is 0 Å². The van der Waals surface area contributed by atoms with Crippen molar-refractivity contribution < 1.29 is 14.0 Å². The summed E-state index contributed by atoms with van der Waals surface area (Å²) in [6, 6.07) is 3.60. The van der Waals surface area contributed by atoms with Crippen LogP contribution in [0.4, 0.5) is 10.1 Å². The summed E-state index contributed by atoms with van der Waals surface area (Å²) in [5, 5.41) is 2.03. The van der Waals surface area contributed by atoms with E-state index in [-0.39, 0.29) is 10.7 Å². The molecule has 0 radical (unpaired) electrons. The minimum Gasteiger partial charge on any atom is -0.361 e. The largest absolute Gasteiger partial charge is 0.361 e. The van der Waals surface area contributed by atoms with Gasteiger partial charge in [-0.1, -0.05) is 25.4 Å². The van der Waals surface area contributed by atoms with Crippen molar-refractivity contribution in [1.29, 1.82) is 0 Å². The fraction of sp³-hybridized carbons (Fsp3) is 0.200. The number of nitrogens with two attached hydrogens (primary N) is 1. The van der Waals surface area contributed by atoms with Crippen LogP contribution >= 0.6 is 11.6 Å². The minimum atomic E-state index is -1.14. The normalized spacial score (nSPS) is 8.75. The molecule has 0 aliphatic rings. The predicted molar refractivity (Wildman–Crippen MR) is 60.6 cm³/mol.